The highest BCUT2D eigenvalue weighted by molar-refractivity contribution is 6.08. The van der Waals surface area contributed by atoms with E-state index in [1.807, 2.05) is 38.1 Å². The van der Waals surface area contributed by atoms with Gasteiger partial charge in [0.25, 0.3) is 5.91 Å². The fourth-order valence-electron chi connectivity index (χ4n) is 3.30. The van der Waals surface area contributed by atoms with Gasteiger partial charge in [-0.25, -0.2) is 4.79 Å². The number of nitrogens with zero attached hydrogens (tertiary/aromatic N) is 1. The van der Waals surface area contributed by atoms with E-state index >= 15 is 0 Å². The third-order valence-electron chi connectivity index (χ3n) is 4.37. The highest BCUT2D eigenvalue weighted by atomic mass is 16.5. The summed E-state index contributed by atoms with van der Waals surface area (Å²) in [5.74, 6) is 0.304. The van der Waals surface area contributed by atoms with Crippen molar-refractivity contribution in [3.8, 4) is 5.75 Å². The van der Waals surface area contributed by atoms with Crippen LogP contribution in [0.3, 0.4) is 0 Å². The molecule has 0 spiro atoms. The summed E-state index contributed by atoms with van der Waals surface area (Å²) in [7, 11) is 0. The van der Waals surface area contributed by atoms with Crippen molar-refractivity contribution < 1.29 is 13.9 Å². The van der Waals surface area contributed by atoms with Crippen LogP contribution in [0.25, 0.3) is 11.0 Å². The molecule has 4 rings (SSSR count). The van der Waals surface area contributed by atoms with E-state index in [9.17, 15) is 9.59 Å². The fourth-order valence-corrected chi connectivity index (χ4v) is 3.30. The molecule has 1 aliphatic rings. The van der Waals surface area contributed by atoms with E-state index in [1.165, 1.54) is 0 Å². The molecular weight excluding hydrogens is 318 g/mol. The van der Waals surface area contributed by atoms with Crippen LogP contribution in [0, 0.1) is 13.8 Å². The number of amides is 1. The third kappa shape index (κ3) is 2.58. The van der Waals surface area contributed by atoms with Gasteiger partial charge in [-0.3, -0.25) is 4.79 Å². The van der Waals surface area contributed by atoms with E-state index < -0.39 is 5.63 Å². The molecule has 0 N–H and O–H groups in total. The molecule has 1 aliphatic heterocycles. The summed E-state index contributed by atoms with van der Waals surface area (Å²) in [5.41, 5.74) is 2.60. The van der Waals surface area contributed by atoms with Gasteiger partial charge in [-0.1, -0.05) is 24.3 Å². The summed E-state index contributed by atoms with van der Waals surface area (Å²) < 4.78 is 11.0. The number of rotatable bonds is 1. The van der Waals surface area contributed by atoms with Crippen molar-refractivity contribution in [2.75, 3.05) is 18.1 Å². The Kier molecular flexibility index (Phi) is 3.57. The molecule has 126 valence electrons. The van der Waals surface area contributed by atoms with Crippen LogP contribution in [0.15, 0.2) is 51.7 Å². The van der Waals surface area contributed by atoms with E-state index in [1.54, 1.807) is 23.1 Å². The Labute approximate surface area is 144 Å². The predicted molar refractivity (Wildman–Crippen MR) is 95.6 cm³/mol. The highest BCUT2D eigenvalue weighted by Crippen LogP contribution is 2.36. The maximum atomic E-state index is 13.1. The molecule has 5 nitrogen and oxygen atoms in total. The predicted octanol–water partition coefficient (Wildman–Crippen LogP) is 3.45. The van der Waals surface area contributed by atoms with E-state index in [-0.39, 0.29) is 11.5 Å². The lowest BCUT2D eigenvalue weighted by molar-refractivity contribution is 0.0973. The third-order valence-corrected chi connectivity index (χ3v) is 4.37. The van der Waals surface area contributed by atoms with Gasteiger partial charge in [-0.15, -0.1) is 0 Å². The van der Waals surface area contributed by atoms with Gasteiger partial charge in [0.2, 0.25) is 0 Å². The monoisotopic (exact) mass is 335 g/mol. The topological polar surface area (TPSA) is 59.8 Å². The lowest BCUT2D eigenvalue weighted by atomic mass is 10.1. The normalized spacial score (nSPS) is 13.4. The summed E-state index contributed by atoms with van der Waals surface area (Å²) in [5, 5.41) is 0.722. The summed E-state index contributed by atoms with van der Waals surface area (Å²) in [6.45, 7) is 4.70. The number of para-hydroxylation sites is 1. The number of hydrogen-bond acceptors (Lipinski definition) is 4. The Balaban J connectivity index is 1.84. The Hall–Kier alpha value is -3.08. The minimum absolute atomic E-state index is 0.0338. The van der Waals surface area contributed by atoms with Gasteiger partial charge in [0, 0.05) is 5.39 Å². The Morgan fingerprint density at radius 2 is 1.92 bits per heavy atom. The smallest absolute Gasteiger partial charge is 0.349 e. The number of fused-ring (bicyclic) bond motifs is 2. The first-order valence-electron chi connectivity index (χ1n) is 8.13. The second-order valence-corrected chi connectivity index (χ2v) is 6.22. The summed E-state index contributed by atoms with van der Waals surface area (Å²) >= 11 is 0. The zero-order chi connectivity index (χ0) is 17.6. The average molecular weight is 335 g/mol. The summed E-state index contributed by atoms with van der Waals surface area (Å²) in [4.78, 5) is 27.0. The molecule has 1 amide bonds. The number of anilines is 1. The highest BCUT2D eigenvalue weighted by Gasteiger charge is 2.28. The van der Waals surface area contributed by atoms with Gasteiger partial charge in [-0.05, 0) is 43.2 Å². The largest absolute Gasteiger partial charge is 0.490 e. The van der Waals surface area contributed by atoms with E-state index in [2.05, 4.69) is 0 Å². The van der Waals surface area contributed by atoms with Gasteiger partial charge in [0.1, 0.15) is 23.5 Å². The van der Waals surface area contributed by atoms with E-state index in [0.717, 1.165) is 22.2 Å². The van der Waals surface area contributed by atoms with Crippen molar-refractivity contribution >= 4 is 22.6 Å². The number of benzene rings is 2. The summed E-state index contributed by atoms with van der Waals surface area (Å²) in [6, 6.07) is 12.7. The molecule has 5 heteroatoms. The molecule has 0 fully saturated rings. The quantitative estimate of drug-likeness (QED) is 0.639. The van der Waals surface area contributed by atoms with Crippen LogP contribution < -0.4 is 15.3 Å². The molecule has 2 heterocycles. The van der Waals surface area contributed by atoms with Crippen molar-refractivity contribution in [2.45, 2.75) is 13.8 Å². The Bertz CT molecular complexity index is 1050. The lowest BCUT2D eigenvalue weighted by Gasteiger charge is -2.31. The molecular formula is C20H17NO4. The number of aryl methyl sites for hydroxylation is 2. The van der Waals surface area contributed by atoms with Crippen molar-refractivity contribution in [1.29, 1.82) is 0 Å². The number of carbonyl (C=O) groups excluding carboxylic acids is 1. The molecule has 2 aromatic carbocycles. The second-order valence-electron chi connectivity index (χ2n) is 6.22. The van der Waals surface area contributed by atoms with E-state index in [0.29, 0.717) is 24.5 Å². The van der Waals surface area contributed by atoms with Crippen LogP contribution in [-0.4, -0.2) is 19.1 Å². The van der Waals surface area contributed by atoms with Crippen molar-refractivity contribution in [1.82, 2.24) is 0 Å². The molecule has 1 aromatic heterocycles. The number of ether oxygens (including phenoxy) is 1. The Morgan fingerprint density at radius 3 is 2.76 bits per heavy atom. The Morgan fingerprint density at radius 1 is 1.12 bits per heavy atom. The zero-order valence-electron chi connectivity index (χ0n) is 14.0. The number of hydrogen-bond donors (Lipinski definition) is 0. The average Bonchev–Trinajstić information content (AvgIpc) is 2.59. The van der Waals surface area contributed by atoms with Gasteiger partial charge in [-0.2, -0.15) is 0 Å². The minimum Gasteiger partial charge on any atom is -0.490 e. The van der Waals surface area contributed by atoms with Crippen LogP contribution >= 0.6 is 0 Å². The minimum atomic E-state index is -0.624. The van der Waals surface area contributed by atoms with Crippen molar-refractivity contribution in [3.63, 3.8) is 0 Å². The van der Waals surface area contributed by atoms with Crippen molar-refractivity contribution in [2.24, 2.45) is 0 Å². The van der Waals surface area contributed by atoms with E-state index in [4.69, 9.17) is 9.15 Å². The molecule has 0 radical (unpaired) electrons. The standard InChI is InChI=1S/C20H17NO4/c1-12-9-13(2)18-17(10-12)24-8-7-21(18)19(22)15-11-14-5-3-4-6-16(14)25-20(15)23/h3-6,9-11H,7-8H2,1-2H3. The van der Waals surface area contributed by atoms with Gasteiger partial charge in [0.15, 0.2) is 0 Å². The molecule has 0 aliphatic carbocycles. The maximum absolute atomic E-state index is 13.1. The van der Waals surface area contributed by atoms with Crippen LogP contribution in [0.4, 0.5) is 5.69 Å². The molecule has 0 saturated heterocycles. The molecule has 3 aromatic rings. The molecule has 0 unspecified atom stereocenters. The fraction of sp³-hybridized carbons (Fsp3) is 0.200. The zero-order valence-corrected chi connectivity index (χ0v) is 14.0. The van der Waals surface area contributed by atoms with Crippen molar-refractivity contribution in [3.05, 3.63) is 69.6 Å². The first kappa shape index (κ1) is 15.4. The maximum Gasteiger partial charge on any atom is 0.349 e. The first-order valence-corrected chi connectivity index (χ1v) is 8.13. The molecule has 0 bridgehead atoms. The van der Waals surface area contributed by atoms with Gasteiger partial charge in [0.05, 0.1) is 12.2 Å². The number of carbonyl (C=O) groups is 1. The SMILES string of the molecule is Cc1cc(C)c2c(c1)OCCN2C(=O)c1cc2ccccc2oc1=O. The molecule has 0 atom stereocenters. The lowest BCUT2D eigenvalue weighted by Crippen LogP contribution is -2.40. The van der Waals surface area contributed by atoms with Gasteiger partial charge < -0.3 is 14.1 Å². The van der Waals surface area contributed by atoms with Crippen LogP contribution in [0.2, 0.25) is 0 Å². The van der Waals surface area contributed by atoms with Crippen LogP contribution in [0.1, 0.15) is 21.5 Å². The summed E-state index contributed by atoms with van der Waals surface area (Å²) in [6.07, 6.45) is 0. The van der Waals surface area contributed by atoms with Crippen LogP contribution in [-0.2, 0) is 0 Å². The van der Waals surface area contributed by atoms with Gasteiger partial charge >= 0.3 is 5.63 Å². The van der Waals surface area contributed by atoms with Crippen LogP contribution in [0.5, 0.6) is 5.75 Å². The first-order chi connectivity index (χ1) is 12.0. The molecule has 25 heavy (non-hydrogen) atoms. The second kappa shape index (κ2) is 5.77. The molecule has 0 saturated carbocycles.